The fraction of sp³-hybridized carbons (Fsp3) is 0.261. The first-order valence-corrected chi connectivity index (χ1v) is 12.2. The molecule has 0 saturated heterocycles. The molecule has 164 valence electrons. The van der Waals surface area contributed by atoms with Crippen molar-refractivity contribution in [1.29, 1.82) is 0 Å². The van der Waals surface area contributed by atoms with Crippen molar-refractivity contribution in [2.24, 2.45) is 5.92 Å². The maximum atomic E-state index is 13.4. The highest BCUT2D eigenvalue weighted by molar-refractivity contribution is 7.90. The van der Waals surface area contributed by atoms with Gasteiger partial charge in [-0.15, -0.1) is 0 Å². The van der Waals surface area contributed by atoms with Crippen molar-refractivity contribution in [2.45, 2.75) is 30.3 Å². The number of hydrogen-bond acceptors (Lipinski definition) is 5. The number of carbonyl (C=O) groups excluding carboxylic acids is 1. The Labute approximate surface area is 184 Å². The lowest BCUT2D eigenvalue weighted by Crippen LogP contribution is -2.25. The number of nitrogens with one attached hydrogen (secondary N) is 1. The van der Waals surface area contributed by atoms with Crippen molar-refractivity contribution >= 4 is 21.3 Å². The monoisotopic (exact) mass is 452 g/mol. The summed E-state index contributed by atoms with van der Waals surface area (Å²) in [5, 5.41) is 7.32. The SMILES string of the molecule is CS(=O)(=O)c1cccc(CNC(=O)C2=CCC3CC3c3c2cnn3-c2ccc(F)cc2)n1. The van der Waals surface area contributed by atoms with E-state index in [-0.39, 0.29) is 23.3 Å². The van der Waals surface area contributed by atoms with Gasteiger partial charge in [0.05, 0.1) is 29.8 Å². The molecule has 32 heavy (non-hydrogen) atoms. The summed E-state index contributed by atoms with van der Waals surface area (Å²) in [5.41, 5.74) is 3.49. The van der Waals surface area contributed by atoms with Crippen LogP contribution in [0, 0.1) is 11.7 Å². The summed E-state index contributed by atoms with van der Waals surface area (Å²) in [7, 11) is -3.43. The Bertz CT molecular complexity index is 1350. The van der Waals surface area contributed by atoms with Crippen molar-refractivity contribution in [1.82, 2.24) is 20.1 Å². The predicted molar refractivity (Wildman–Crippen MR) is 116 cm³/mol. The van der Waals surface area contributed by atoms with Crippen molar-refractivity contribution in [3.8, 4) is 5.69 Å². The molecule has 2 atom stereocenters. The number of nitrogens with zero attached hydrogens (tertiary/aromatic N) is 3. The molecular formula is C23H21FN4O3S. The van der Waals surface area contributed by atoms with Crippen LogP contribution in [0.2, 0.25) is 0 Å². The topological polar surface area (TPSA) is 94.0 Å². The first-order valence-electron chi connectivity index (χ1n) is 10.3. The Morgan fingerprint density at radius 3 is 2.75 bits per heavy atom. The van der Waals surface area contributed by atoms with Crippen molar-refractivity contribution in [2.75, 3.05) is 6.26 Å². The zero-order valence-electron chi connectivity index (χ0n) is 17.3. The number of benzene rings is 1. The quantitative estimate of drug-likeness (QED) is 0.642. The van der Waals surface area contributed by atoms with Gasteiger partial charge in [0, 0.05) is 23.3 Å². The lowest BCUT2D eigenvalue weighted by atomic mass is 10.0. The highest BCUT2D eigenvalue weighted by Gasteiger charge is 2.44. The number of sulfone groups is 1. The van der Waals surface area contributed by atoms with Gasteiger partial charge in [-0.2, -0.15) is 5.10 Å². The summed E-state index contributed by atoms with van der Waals surface area (Å²) >= 11 is 0. The van der Waals surface area contributed by atoms with Gasteiger partial charge in [0.1, 0.15) is 5.82 Å². The molecule has 2 unspecified atom stereocenters. The van der Waals surface area contributed by atoms with Gasteiger partial charge in [-0.05, 0) is 55.2 Å². The van der Waals surface area contributed by atoms with Crippen LogP contribution in [0.1, 0.15) is 35.7 Å². The lowest BCUT2D eigenvalue weighted by Gasteiger charge is -2.11. The molecule has 1 N–H and O–H groups in total. The maximum absolute atomic E-state index is 13.4. The smallest absolute Gasteiger partial charge is 0.252 e. The van der Waals surface area contributed by atoms with Crippen LogP contribution < -0.4 is 5.32 Å². The molecule has 1 amide bonds. The second kappa shape index (κ2) is 7.67. The molecule has 2 heterocycles. The fourth-order valence-electron chi connectivity index (χ4n) is 4.18. The van der Waals surface area contributed by atoms with Crippen molar-refractivity contribution in [3.63, 3.8) is 0 Å². The van der Waals surface area contributed by atoms with E-state index in [4.69, 9.17) is 0 Å². The van der Waals surface area contributed by atoms with Gasteiger partial charge in [0.15, 0.2) is 14.9 Å². The molecule has 9 heteroatoms. The summed E-state index contributed by atoms with van der Waals surface area (Å²) in [4.78, 5) is 17.2. The van der Waals surface area contributed by atoms with Gasteiger partial charge in [0.2, 0.25) is 0 Å². The third-order valence-corrected chi connectivity index (χ3v) is 6.89. The molecule has 0 spiro atoms. The molecule has 2 aliphatic carbocycles. The van der Waals surface area contributed by atoms with E-state index in [9.17, 15) is 17.6 Å². The first-order chi connectivity index (χ1) is 15.3. The number of allylic oxidation sites excluding steroid dienone is 1. The number of amides is 1. The minimum atomic E-state index is -3.43. The third kappa shape index (κ3) is 3.84. The summed E-state index contributed by atoms with van der Waals surface area (Å²) in [6, 6.07) is 10.8. The van der Waals surface area contributed by atoms with E-state index >= 15 is 0 Å². The largest absolute Gasteiger partial charge is 0.346 e. The molecular weight excluding hydrogens is 431 g/mol. The van der Waals surface area contributed by atoms with E-state index in [1.165, 1.54) is 18.2 Å². The van der Waals surface area contributed by atoms with Crippen LogP contribution in [0.3, 0.4) is 0 Å². The van der Waals surface area contributed by atoms with Gasteiger partial charge in [0.25, 0.3) is 5.91 Å². The van der Waals surface area contributed by atoms with Crippen LogP contribution >= 0.6 is 0 Å². The van der Waals surface area contributed by atoms with E-state index in [1.807, 2.05) is 6.08 Å². The molecule has 0 radical (unpaired) electrons. The number of rotatable bonds is 5. The van der Waals surface area contributed by atoms with Crippen molar-refractivity contribution < 1.29 is 17.6 Å². The second-order valence-corrected chi connectivity index (χ2v) is 10.2. The zero-order valence-corrected chi connectivity index (χ0v) is 18.1. The molecule has 0 bridgehead atoms. The van der Waals surface area contributed by atoms with Gasteiger partial charge in [-0.1, -0.05) is 12.1 Å². The van der Waals surface area contributed by atoms with Crippen LogP contribution in [0.15, 0.2) is 59.8 Å². The van der Waals surface area contributed by atoms with Crippen LogP contribution in [0.4, 0.5) is 4.39 Å². The fourth-order valence-corrected chi connectivity index (χ4v) is 4.78. The molecule has 0 aliphatic heterocycles. The number of carbonyl (C=O) groups is 1. The summed E-state index contributed by atoms with van der Waals surface area (Å²) in [6.07, 6.45) is 6.57. The second-order valence-electron chi connectivity index (χ2n) is 8.21. The highest BCUT2D eigenvalue weighted by atomic mass is 32.2. The van der Waals surface area contributed by atoms with Crippen LogP contribution in [0.5, 0.6) is 0 Å². The van der Waals surface area contributed by atoms with E-state index in [0.29, 0.717) is 23.1 Å². The van der Waals surface area contributed by atoms with E-state index < -0.39 is 9.84 Å². The Morgan fingerprint density at radius 1 is 1.22 bits per heavy atom. The lowest BCUT2D eigenvalue weighted by molar-refractivity contribution is -0.115. The standard InChI is InChI=1S/C23H21FN4O3S/c1-32(30,31)21-4-2-3-16(27-21)12-25-23(29)18-10-5-14-11-19(14)22-20(18)13-26-28(22)17-8-6-15(24)7-9-17/h2-4,6-10,13-14,19H,5,11-12H2,1H3,(H,25,29). The van der Waals surface area contributed by atoms with Crippen LogP contribution in [-0.2, 0) is 21.2 Å². The van der Waals surface area contributed by atoms with Crippen molar-refractivity contribution in [3.05, 3.63) is 77.5 Å². The Kier molecular flexibility index (Phi) is 4.93. The Hall–Kier alpha value is -3.33. The molecule has 2 aromatic heterocycles. The average Bonchev–Trinajstić information content (AvgIpc) is 3.44. The number of halogens is 1. The van der Waals surface area contributed by atoms with Crippen LogP contribution in [0.25, 0.3) is 11.3 Å². The molecule has 1 fully saturated rings. The van der Waals surface area contributed by atoms with Gasteiger partial charge in [-0.3, -0.25) is 4.79 Å². The van der Waals surface area contributed by atoms with Gasteiger partial charge in [-0.25, -0.2) is 22.5 Å². The number of hydrogen-bond donors (Lipinski definition) is 1. The van der Waals surface area contributed by atoms with E-state index in [1.54, 1.807) is 35.1 Å². The van der Waals surface area contributed by atoms with E-state index in [0.717, 1.165) is 36.0 Å². The normalized spacial score (nSPS) is 19.4. The van der Waals surface area contributed by atoms with Gasteiger partial charge < -0.3 is 5.32 Å². The third-order valence-electron chi connectivity index (χ3n) is 5.90. The number of aromatic nitrogens is 3. The first kappa shape index (κ1) is 20.6. The highest BCUT2D eigenvalue weighted by Crippen LogP contribution is 2.54. The molecule has 2 aliphatic rings. The molecule has 1 aromatic carbocycles. The minimum Gasteiger partial charge on any atom is -0.346 e. The maximum Gasteiger partial charge on any atom is 0.252 e. The molecule has 7 nitrogen and oxygen atoms in total. The zero-order chi connectivity index (χ0) is 22.5. The van der Waals surface area contributed by atoms with Gasteiger partial charge >= 0.3 is 0 Å². The summed E-state index contributed by atoms with van der Waals surface area (Å²) < 4.78 is 38.6. The minimum absolute atomic E-state index is 0.0270. The predicted octanol–water partition coefficient (Wildman–Crippen LogP) is 3.02. The molecule has 5 rings (SSSR count). The Morgan fingerprint density at radius 2 is 2.00 bits per heavy atom. The average molecular weight is 453 g/mol. The number of fused-ring (bicyclic) bond motifs is 3. The van der Waals surface area contributed by atoms with Crippen LogP contribution in [-0.4, -0.2) is 35.3 Å². The molecule has 3 aromatic rings. The summed E-state index contributed by atoms with van der Waals surface area (Å²) in [6.45, 7) is 0.105. The Balaban J connectivity index is 1.41. The van der Waals surface area contributed by atoms with E-state index in [2.05, 4.69) is 15.4 Å². The summed E-state index contributed by atoms with van der Waals surface area (Å²) in [5.74, 6) is 0.192. The molecule has 1 saturated carbocycles. The number of pyridine rings is 1.